The highest BCUT2D eigenvalue weighted by Crippen LogP contribution is 2.29. The van der Waals surface area contributed by atoms with E-state index in [1.54, 1.807) is 6.20 Å². The fourth-order valence-corrected chi connectivity index (χ4v) is 3.86. The van der Waals surface area contributed by atoms with Crippen molar-refractivity contribution in [3.8, 4) is 11.1 Å². The van der Waals surface area contributed by atoms with Gasteiger partial charge in [-0.15, -0.1) is 0 Å². The summed E-state index contributed by atoms with van der Waals surface area (Å²) in [6, 6.07) is 7.98. The summed E-state index contributed by atoms with van der Waals surface area (Å²) in [7, 11) is -4.11. The van der Waals surface area contributed by atoms with E-state index in [-0.39, 0.29) is 35.2 Å². The van der Waals surface area contributed by atoms with Gasteiger partial charge in [-0.05, 0) is 29.8 Å². The van der Waals surface area contributed by atoms with Gasteiger partial charge >= 0.3 is 0 Å². The van der Waals surface area contributed by atoms with Crippen molar-refractivity contribution in [1.82, 2.24) is 9.78 Å². The summed E-state index contributed by atoms with van der Waals surface area (Å²) in [5, 5.41) is 21.1. The summed E-state index contributed by atoms with van der Waals surface area (Å²) in [6.07, 6.45) is 2.91. The fourth-order valence-electron chi connectivity index (χ4n) is 2.84. The first kappa shape index (κ1) is 21.9. The first-order chi connectivity index (χ1) is 14.2. The van der Waals surface area contributed by atoms with Crippen molar-refractivity contribution in [2.45, 2.75) is 17.9 Å². The number of nitrogens with one attached hydrogen (secondary N) is 1. The number of aliphatic hydroxyl groups is 1. The summed E-state index contributed by atoms with van der Waals surface area (Å²) in [6.45, 7) is 0.136. The molecule has 0 radical (unpaired) electrons. The Bertz CT molecular complexity index is 1200. The Balaban J connectivity index is 1.86. The van der Waals surface area contributed by atoms with E-state index in [1.165, 1.54) is 41.2 Å². The van der Waals surface area contributed by atoms with Crippen molar-refractivity contribution in [1.29, 1.82) is 0 Å². The summed E-state index contributed by atoms with van der Waals surface area (Å²) < 4.78 is 38.8. The highest BCUT2D eigenvalue weighted by atomic mass is 35.5. The lowest BCUT2D eigenvalue weighted by molar-refractivity contribution is -0.115. The maximum Gasteiger partial charge on any atom is 0.238 e. The standard InChI is InChI=1S/C19H18ClFN4O4S/c20-17-8-14(21)2-1-12(17)7-19(27)24-15-3-4-16(18(9-15)30(22,28)29)13-10-23-25(11-13)5-6-26/h1-4,8-11,26H,5-7H2,(H,24,27)(H2,22,28,29). The van der Waals surface area contributed by atoms with E-state index in [9.17, 15) is 17.6 Å². The number of halogens is 2. The minimum absolute atomic E-state index is 0.116. The van der Waals surface area contributed by atoms with Gasteiger partial charge in [-0.2, -0.15) is 5.10 Å². The molecule has 1 amide bonds. The number of amides is 1. The van der Waals surface area contributed by atoms with Gasteiger partial charge in [0, 0.05) is 28.0 Å². The second-order valence-electron chi connectivity index (χ2n) is 6.43. The number of rotatable bonds is 7. The van der Waals surface area contributed by atoms with Gasteiger partial charge in [0.05, 0.1) is 30.7 Å². The lowest BCUT2D eigenvalue weighted by Crippen LogP contribution is -2.17. The van der Waals surface area contributed by atoms with Crippen LogP contribution < -0.4 is 10.5 Å². The average molecular weight is 453 g/mol. The van der Waals surface area contributed by atoms with Gasteiger partial charge in [0.25, 0.3) is 0 Å². The molecule has 2 aromatic carbocycles. The number of aliphatic hydroxyl groups excluding tert-OH is 1. The number of benzene rings is 2. The SMILES string of the molecule is NS(=O)(=O)c1cc(NC(=O)Cc2ccc(F)cc2Cl)ccc1-c1cnn(CCO)c1. The molecule has 1 heterocycles. The Morgan fingerprint density at radius 3 is 2.70 bits per heavy atom. The molecule has 0 fully saturated rings. The molecule has 3 rings (SSSR count). The van der Waals surface area contributed by atoms with E-state index < -0.39 is 21.7 Å². The van der Waals surface area contributed by atoms with Crippen LogP contribution in [0.4, 0.5) is 10.1 Å². The molecule has 0 aliphatic carbocycles. The first-order valence-electron chi connectivity index (χ1n) is 8.71. The molecule has 0 saturated carbocycles. The van der Waals surface area contributed by atoms with E-state index in [4.69, 9.17) is 21.8 Å². The van der Waals surface area contributed by atoms with Crippen molar-refractivity contribution < 1.29 is 22.7 Å². The summed E-state index contributed by atoms with van der Waals surface area (Å²) in [5.74, 6) is -0.979. The Morgan fingerprint density at radius 1 is 1.27 bits per heavy atom. The van der Waals surface area contributed by atoms with Crippen LogP contribution in [0.2, 0.25) is 5.02 Å². The monoisotopic (exact) mass is 452 g/mol. The third-order valence-electron chi connectivity index (χ3n) is 4.21. The van der Waals surface area contributed by atoms with Crippen LogP contribution in [0, 0.1) is 5.82 Å². The Kier molecular flexibility index (Phi) is 6.52. The number of hydrogen-bond acceptors (Lipinski definition) is 5. The minimum Gasteiger partial charge on any atom is -0.394 e. The first-order valence-corrected chi connectivity index (χ1v) is 10.6. The average Bonchev–Trinajstić information content (AvgIpc) is 3.12. The molecule has 1 aromatic heterocycles. The van der Waals surface area contributed by atoms with Gasteiger partial charge < -0.3 is 10.4 Å². The molecule has 0 atom stereocenters. The molecule has 0 bridgehead atoms. The van der Waals surface area contributed by atoms with Crippen molar-refractivity contribution >= 4 is 33.2 Å². The lowest BCUT2D eigenvalue weighted by atomic mass is 10.1. The summed E-state index contributed by atoms with van der Waals surface area (Å²) in [5.41, 5.74) is 1.44. The molecule has 0 aliphatic heterocycles. The quantitative estimate of drug-likeness (QED) is 0.506. The second kappa shape index (κ2) is 8.92. The molecule has 0 spiro atoms. The number of hydrogen-bond donors (Lipinski definition) is 3. The number of nitrogens with two attached hydrogens (primary N) is 1. The molecule has 0 unspecified atom stereocenters. The van der Waals surface area contributed by atoms with E-state index in [1.807, 2.05) is 0 Å². The Morgan fingerprint density at radius 2 is 2.03 bits per heavy atom. The fraction of sp³-hybridized carbons (Fsp3) is 0.158. The Hall–Kier alpha value is -2.79. The maximum atomic E-state index is 13.1. The Labute approximate surface area is 177 Å². The molecule has 4 N–H and O–H groups in total. The van der Waals surface area contributed by atoms with Gasteiger partial charge in [0.2, 0.25) is 15.9 Å². The van der Waals surface area contributed by atoms with Gasteiger partial charge in [-0.3, -0.25) is 9.48 Å². The predicted octanol–water partition coefficient (Wildman–Crippen LogP) is 2.16. The normalized spacial score (nSPS) is 11.5. The zero-order chi connectivity index (χ0) is 21.9. The summed E-state index contributed by atoms with van der Waals surface area (Å²) in [4.78, 5) is 12.1. The van der Waals surface area contributed by atoms with Crippen molar-refractivity contribution in [3.63, 3.8) is 0 Å². The molecular weight excluding hydrogens is 435 g/mol. The van der Waals surface area contributed by atoms with Crippen LogP contribution >= 0.6 is 11.6 Å². The third-order valence-corrected chi connectivity index (χ3v) is 5.51. The van der Waals surface area contributed by atoms with Crippen LogP contribution in [0.15, 0.2) is 53.7 Å². The third kappa shape index (κ3) is 5.22. The van der Waals surface area contributed by atoms with Gasteiger partial charge in [0.1, 0.15) is 5.82 Å². The van der Waals surface area contributed by atoms with E-state index in [2.05, 4.69) is 10.4 Å². The molecule has 30 heavy (non-hydrogen) atoms. The number of carbonyl (C=O) groups excluding carboxylic acids is 1. The molecule has 8 nitrogen and oxygen atoms in total. The number of sulfonamides is 1. The van der Waals surface area contributed by atoms with Crippen LogP contribution in [0.5, 0.6) is 0 Å². The van der Waals surface area contributed by atoms with E-state index in [0.29, 0.717) is 16.7 Å². The van der Waals surface area contributed by atoms with E-state index in [0.717, 1.165) is 6.07 Å². The molecule has 0 aliphatic rings. The molecular formula is C19H18ClFN4O4S. The van der Waals surface area contributed by atoms with Crippen molar-refractivity contribution in [3.05, 3.63) is 65.2 Å². The van der Waals surface area contributed by atoms with Gasteiger partial charge in [-0.1, -0.05) is 23.7 Å². The number of nitrogens with zero attached hydrogens (tertiary/aromatic N) is 2. The highest BCUT2D eigenvalue weighted by molar-refractivity contribution is 7.89. The van der Waals surface area contributed by atoms with Crippen LogP contribution in [-0.4, -0.2) is 35.8 Å². The van der Waals surface area contributed by atoms with Crippen LogP contribution in [-0.2, 0) is 27.8 Å². The molecule has 11 heteroatoms. The van der Waals surface area contributed by atoms with Crippen LogP contribution in [0.25, 0.3) is 11.1 Å². The van der Waals surface area contributed by atoms with Crippen molar-refractivity contribution in [2.75, 3.05) is 11.9 Å². The predicted molar refractivity (Wildman–Crippen MR) is 110 cm³/mol. The maximum absolute atomic E-state index is 13.1. The largest absolute Gasteiger partial charge is 0.394 e. The molecule has 3 aromatic rings. The second-order valence-corrected chi connectivity index (χ2v) is 8.37. The molecule has 158 valence electrons. The highest BCUT2D eigenvalue weighted by Gasteiger charge is 2.18. The van der Waals surface area contributed by atoms with Gasteiger partial charge in [0.15, 0.2) is 0 Å². The minimum atomic E-state index is -4.11. The number of primary sulfonamides is 1. The van der Waals surface area contributed by atoms with Gasteiger partial charge in [-0.25, -0.2) is 17.9 Å². The summed E-state index contributed by atoms with van der Waals surface area (Å²) >= 11 is 5.94. The van der Waals surface area contributed by atoms with Crippen molar-refractivity contribution in [2.24, 2.45) is 5.14 Å². The smallest absolute Gasteiger partial charge is 0.238 e. The zero-order valence-electron chi connectivity index (χ0n) is 15.5. The molecule has 0 saturated heterocycles. The zero-order valence-corrected chi connectivity index (χ0v) is 17.1. The van der Waals surface area contributed by atoms with Crippen LogP contribution in [0.1, 0.15) is 5.56 Å². The topological polar surface area (TPSA) is 127 Å². The number of anilines is 1. The van der Waals surface area contributed by atoms with Crippen LogP contribution in [0.3, 0.4) is 0 Å². The lowest BCUT2D eigenvalue weighted by Gasteiger charge is -2.11. The van der Waals surface area contributed by atoms with E-state index >= 15 is 0 Å². The number of aromatic nitrogens is 2. The number of carbonyl (C=O) groups is 1.